The zero-order valence-corrected chi connectivity index (χ0v) is 15.2. The molecule has 3 rings (SSSR count). The molecule has 0 aliphatic carbocycles. The Bertz CT molecular complexity index is 861. The van der Waals surface area contributed by atoms with Gasteiger partial charge in [0.05, 0.1) is 6.54 Å². The Hall–Kier alpha value is -2.79. The zero-order valence-electron chi connectivity index (χ0n) is 14.5. The van der Waals surface area contributed by atoms with Gasteiger partial charge in [0.2, 0.25) is 0 Å². The first-order valence-electron chi connectivity index (χ1n) is 8.31. The summed E-state index contributed by atoms with van der Waals surface area (Å²) in [6, 6.07) is 15.3. The highest BCUT2D eigenvalue weighted by atomic mass is 35.5. The summed E-state index contributed by atoms with van der Waals surface area (Å²) in [5.41, 5.74) is 3.11. The van der Waals surface area contributed by atoms with Crippen LogP contribution in [-0.4, -0.2) is 22.3 Å². The first kappa shape index (κ1) is 18.0. The molecule has 0 saturated carbocycles. The van der Waals surface area contributed by atoms with E-state index in [0.717, 1.165) is 23.2 Å². The molecule has 6 heteroatoms. The van der Waals surface area contributed by atoms with E-state index in [1.165, 1.54) is 0 Å². The van der Waals surface area contributed by atoms with Crippen LogP contribution in [0.2, 0.25) is 5.02 Å². The molecule has 0 saturated heterocycles. The number of aromatic nitrogens is 2. The van der Waals surface area contributed by atoms with E-state index >= 15 is 0 Å². The number of nitrogens with one attached hydrogen (secondary N) is 1. The highest BCUT2D eigenvalue weighted by Crippen LogP contribution is 2.20. The highest BCUT2D eigenvalue weighted by molar-refractivity contribution is 6.31. The number of hydrogen-bond donors (Lipinski definition) is 1. The lowest BCUT2D eigenvalue weighted by atomic mass is 10.1. The van der Waals surface area contributed by atoms with Crippen molar-refractivity contribution >= 4 is 17.5 Å². The minimum absolute atomic E-state index is 0.0293. The predicted molar refractivity (Wildman–Crippen MR) is 101 cm³/mol. The molecule has 26 heavy (non-hydrogen) atoms. The van der Waals surface area contributed by atoms with Crippen molar-refractivity contribution in [1.29, 1.82) is 0 Å². The number of benzene rings is 2. The zero-order chi connectivity index (χ0) is 18.4. The fraction of sp³-hybridized carbons (Fsp3) is 0.200. The molecular formula is C20H20ClN3O2. The molecule has 1 amide bonds. The Morgan fingerprint density at radius 1 is 1.19 bits per heavy atom. The Labute approximate surface area is 157 Å². The lowest BCUT2D eigenvalue weighted by Gasteiger charge is -2.09. The summed E-state index contributed by atoms with van der Waals surface area (Å²) in [6.45, 7) is 3.06. The second-order valence-electron chi connectivity index (χ2n) is 6.00. The van der Waals surface area contributed by atoms with E-state index in [1.54, 1.807) is 18.3 Å². The van der Waals surface area contributed by atoms with Gasteiger partial charge >= 0.3 is 0 Å². The van der Waals surface area contributed by atoms with Crippen LogP contribution in [0.15, 0.2) is 60.9 Å². The monoisotopic (exact) mass is 369 g/mol. The van der Waals surface area contributed by atoms with E-state index in [-0.39, 0.29) is 12.5 Å². The minimum Gasteiger partial charge on any atom is -0.484 e. The van der Waals surface area contributed by atoms with Gasteiger partial charge in [-0.1, -0.05) is 35.9 Å². The first-order chi connectivity index (χ1) is 12.6. The number of carbonyl (C=O) groups excluding carboxylic acids is 1. The van der Waals surface area contributed by atoms with Crippen LogP contribution >= 0.6 is 11.6 Å². The fourth-order valence-electron chi connectivity index (χ4n) is 2.45. The lowest BCUT2D eigenvalue weighted by molar-refractivity contribution is -0.123. The van der Waals surface area contributed by atoms with Gasteiger partial charge in [-0.3, -0.25) is 9.48 Å². The van der Waals surface area contributed by atoms with Gasteiger partial charge in [-0.05, 0) is 47.9 Å². The quantitative estimate of drug-likeness (QED) is 0.692. The summed E-state index contributed by atoms with van der Waals surface area (Å²) in [5.74, 6) is 0.461. The number of halogens is 1. The van der Waals surface area contributed by atoms with Crippen LogP contribution < -0.4 is 10.1 Å². The van der Waals surface area contributed by atoms with Crippen LogP contribution in [-0.2, 0) is 17.9 Å². The first-order valence-corrected chi connectivity index (χ1v) is 8.69. The number of amides is 1. The van der Waals surface area contributed by atoms with E-state index in [1.807, 2.05) is 54.2 Å². The topological polar surface area (TPSA) is 56.1 Å². The van der Waals surface area contributed by atoms with Crippen molar-refractivity contribution in [3.8, 4) is 5.75 Å². The maximum absolute atomic E-state index is 11.9. The second-order valence-corrected chi connectivity index (χ2v) is 6.40. The van der Waals surface area contributed by atoms with Crippen LogP contribution in [0.1, 0.15) is 16.7 Å². The molecule has 5 nitrogen and oxygen atoms in total. The third-order valence-electron chi connectivity index (χ3n) is 3.92. The molecule has 1 heterocycles. The van der Waals surface area contributed by atoms with Crippen molar-refractivity contribution in [2.45, 2.75) is 20.0 Å². The van der Waals surface area contributed by atoms with Gasteiger partial charge in [0.15, 0.2) is 6.61 Å². The SMILES string of the molecule is Cc1cc(OCC(=O)NCc2ccc(Cn3cccn3)cc2)ccc1Cl. The molecule has 0 aliphatic rings. The van der Waals surface area contributed by atoms with Gasteiger partial charge in [0, 0.05) is 24.0 Å². The summed E-state index contributed by atoms with van der Waals surface area (Å²) in [5, 5.41) is 7.72. The van der Waals surface area contributed by atoms with Crippen LogP contribution in [0.25, 0.3) is 0 Å². The van der Waals surface area contributed by atoms with E-state index in [9.17, 15) is 4.79 Å². The molecule has 1 aromatic heterocycles. The van der Waals surface area contributed by atoms with Crippen molar-refractivity contribution < 1.29 is 9.53 Å². The molecular weight excluding hydrogens is 350 g/mol. The van der Waals surface area contributed by atoms with E-state index in [0.29, 0.717) is 17.3 Å². The van der Waals surface area contributed by atoms with Crippen LogP contribution in [0.5, 0.6) is 5.75 Å². The van der Waals surface area contributed by atoms with Gasteiger partial charge in [-0.15, -0.1) is 0 Å². The molecule has 0 unspecified atom stereocenters. The molecule has 0 atom stereocenters. The van der Waals surface area contributed by atoms with Gasteiger partial charge in [0.25, 0.3) is 5.91 Å². The highest BCUT2D eigenvalue weighted by Gasteiger charge is 2.05. The fourth-order valence-corrected chi connectivity index (χ4v) is 2.57. The average molecular weight is 370 g/mol. The molecule has 1 N–H and O–H groups in total. The predicted octanol–water partition coefficient (Wildman–Crippen LogP) is 3.59. The molecule has 0 fully saturated rings. The number of carbonyl (C=O) groups is 1. The van der Waals surface area contributed by atoms with Crippen molar-refractivity contribution in [2.24, 2.45) is 0 Å². The summed E-state index contributed by atoms with van der Waals surface area (Å²) in [6.07, 6.45) is 3.69. The van der Waals surface area contributed by atoms with E-state index in [4.69, 9.17) is 16.3 Å². The largest absolute Gasteiger partial charge is 0.484 e. The summed E-state index contributed by atoms with van der Waals surface area (Å²) >= 11 is 5.97. The number of nitrogens with zero attached hydrogens (tertiary/aromatic N) is 2. The summed E-state index contributed by atoms with van der Waals surface area (Å²) in [7, 11) is 0. The normalized spacial score (nSPS) is 10.5. The molecule has 0 aliphatic heterocycles. The van der Waals surface area contributed by atoms with Crippen LogP contribution in [0.4, 0.5) is 0 Å². The van der Waals surface area contributed by atoms with Crippen molar-refractivity contribution in [3.05, 3.63) is 82.6 Å². The van der Waals surface area contributed by atoms with Crippen molar-refractivity contribution in [3.63, 3.8) is 0 Å². The Kier molecular flexibility index (Phi) is 5.92. The van der Waals surface area contributed by atoms with Crippen molar-refractivity contribution in [1.82, 2.24) is 15.1 Å². The third kappa shape index (κ3) is 5.10. The van der Waals surface area contributed by atoms with Gasteiger partial charge in [0.1, 0.15) is 5.75 Å². The number of rotatable bonds is 7. The average Bonchev–Trinajstić information content (AvgIpc) is 3.15. The molecule has 3 aromatic rings. The maximum Gasteiger partial charge on any atom is 0.258 e. The Balaban J connectivity index is 1.44. The molecule has 0 bridgehead atoms. The van der Waals surface area contributed by atoms with E-state index < -0.39 is 0 Å². The Morgan fingerprint density at radius 2 is 1.96 bits per heavy atom. The summed E-state index contributed by atoms with van der Waals surface area (Å²) < 4.78 is 7.36. The van der Waals surface area contributed by atoms with Crippen molar-refractivity contribution in [2.75, 3.05) is 6.61 Å². The van der Waals surface area contributed by atoms with Gasteiger partial charge in [-0.2, -0.15) is 5.10 Å². The van der Waals surface area contributed by atoms with Gasteiger partial charge < -0.3 is 10.1 Å². The van der Waals surface area contributed by atoms with Crippen LogP contribution in [0.3, 0.4) is 0 Å². The molecule has 0 spiro atoms. The number of ether oxygens (including phenoxy) is 1. The maximum atomic E-state index is 11.9. The standard InChI is InChI=1S/C20H20ClN3O2/c1-15-11-18(7-8-19(15)21)26-14-20(25)22-12-16-3-5-17(6-4-16)13-24-10-2-9-23-24/h2-11H,12-14H2,1H3,(H,22,25). The second kappa shape index (κ2) is 8.54. The lowest BCUT2D eigenvalue weighted by Crippen LogP contribution is -2.28. The van der Waals surface area contributed by atoms with Crippen LogP contribution in [0, 0.1) is 6.92 Å². The Morgan fingerprint density at radius 3 is 2.65 bits per heavy atom. The molecule has 0 radical (unpaired) electrons. The minimum atomic E-state index is -0.168. The van der Waals surface area contributed by atoms with Gasteiger partial charge in [-0.25, -0.2) is 0 Å². The third-order valence-corrected chi connectivity index (χ3v) is 4.34. The number of hydrogen-bond acceptors (Lipinski definition) is 3. The smallest absolute Gasteiger partial charge is 0.258 e. The molecule has 2 aromatic carbocycles. The summed E-state index contributed by atoms with van der Waals surface area (Å²) in [4.78, 5) is 11.9. The number of aryl methyl sites for hydroxylation is 1. The van der Waals surface area contributed by atoms with E-state index in [2.05, 4.69) is 10.4 Å². The molecule has 134 valence electrons.